The number of anilines is 1. The Balaban J connectivity index is 2.26. The lowest BCUT2D eigenvalue weighted by Crippen LogP contribution is -2.13. The van der Waals surface area contributed by atoms with Gasteiger partial charge in [0, 0.05) is 5.69 Å². The maximum atomic E-state index is 12.1. The van der Waals surface area contributed by atoms with Gasteiger partial charge in [0.25, 0.3) is 5.91 Å². The number of ether oxygens (including phenoxy) is 1. The molecule has 6 heteroatoms. The summed E-state index contributed by atoms with van der Waals surface area (Å²) in [4.78, 5) is 23.5. The molecule has 0 saturated carbocycles. The maximum absolute atomic E-state index is 12.1. The van der Waals surface area contributed by atoms with E-state index in [9.17, 15) is 19.8 Å². The minimum atomic E-state index is -0.687. The number of hydrogen-bond donors (Lipinski definition) is 3. The molecule has 2 aromatic carbocycles. The normalized spacial score (nSPS) is 9.95. The number of hydrogen-bond acceptors (Lipinski definition) is 5. The lowest BCUT2D eigenvalue weighted by molar-refractivity contribution is 0.0600. The maximum Gasteiger partial charge on any atom is 0.337 e. The van der Waals surface area contributed by atoms with Crippen LogP contribution in [-0.2, 0) is 4.74 Å². The summed E-state index contributed by atoms with van der Waals surface area (Å²) < 4.78 is 4.59. The Morgan fingerprint density at radius 2 is 1.67 bits per heavy atom. The van der Waals surface area contributed by atoms with Crippen LogP contribution in [0.2, 0.25) is 0 Å². The van der Waals surface area contributed by atoms with Crippen molar-refractivity contribution in [3.63, 3.8) is 0 Å². The summed E-state index contributed by atoms with van der Waals surface area (Å²) in [5.41, 5.74) is 0.378. The highest BCUT2D eigenvalue weighted by molar-refractivity contribution is 6.08. The number of phenolic OH excluding ortho intramolecular Hbond substituents is 2. The third kappa shape index (κ3) is 3.11. The fourth-order valence-electron chi connectivity index (χ4n) is 1.80. The Morgan fingerprint density at radius 1 is 1.05 bits per heavy atom. The number of phenols is 2. The molecule has 6 nitrogen and oxygen atoms in total. The van der Waals surface area contributed by atoms with Gasteiger partial charge in [-0.2, -0.15) is 0 Å². The molecule has 0 radical (unpaired) electrons. The standard InChI is InChI=1S/C15H13NO5/c1-21-15(20)9-4-2-5-10(8-9)16-14(19)13-11(17)6-3-7-12(13)18/h2-8,17-18H,1H3,(H,16,19). The molecular weight excluding hydrogens is 274 g/mol. The average molecular weight is 287 g/mol. The molecule has 1 amide bonds. The highest BCUT2D eigenvalue weighted by Gasteiger charge is 2.16. The van der Waals surface area contributed by atoms with Gasteiger partial charge in [-0.3, -0.25) is 4.79 Å². The van der Waals surface area contributed by atoms with Crippen LogP contribution in [0, 0.1) is 0 Å². The lowest BCUT2D eigenvalue weighted by Gasteiger charge is -2.09. The van der Waals surface area contributed by atoms with Crippen molar-refractivity contribution in [3.8, 4) is 11.5 Å². The summed E-state index contributed by atoms with van der Waals surface area (Å²) in [6.07, 6.45) is 0. The molecular formula is C15H13NO5. The molecule has 108 valence electrons. The van der Waals surface area contributed by atoms with E-state index in [4.69, 9.17) is 0 Å². The Morgan fingerprint density at radius 3 is 2.29 bits per heavy atom. The van der Waals surface area contributed by atoms with E-state index >= 15 is 0 Å². The molecule has 0 fully saturated rings. The second-order valence-electron chi connectivity index (χ2n) is 4.20. The van der Waals surface area contributed by atoms with E-state index in [2.05, 4.69) is 10.1 Å². The highest BCUT2D eigenvalue weighted by Crippen LogP contribution is 2.27. The van der Waals surface area contributed by atoms with Gasteiger partial charge in [-0.25, -0.2) is 4.79 Å². The van der Waals surface area contributed by atoms with Crippen molar-refractivity contribution in [2.24, 2.45) is 0 Å². The van der Waals surface area contributed by atoms with Crippen LogP contribution < -0.4 is 5.32 Å². The van der Waals surface area contributed by atoms with E-state index < -0.39 is 11.9 Å². The fourth-order valence-corrected chi connectivity index (χ4v) is 1.80. The summed E-state index contributed by atoms with van der Waals surface area (Å²) in [7, 11) is 1.26. The first-order valence-corrected chi connectivity index (χ1v) is 6.03. The topological polar surface area (TPSA) is 95.9 Å². The first-order chi connectivity index (χ1) is 10.0. The molecule has 0 aromatic heterocycles. The highest BCUT2D eigenvalue weighted by atomic mass is 16.5. The number of amides is 1. The van der Waals surface area contributed by atoms with E-state index in [0.717, 1.165) is 0 Å². The van der Waals surface area contributed by atoms with Crippen LogP contribution in [-0.4, -0.2) is 29.2 Å². The van der Waals surface area contributed by atoms with Gasteiger partial charge in [0.2, 0.25) is 0 Å². The zero-order valence-electron chi connectivity index (χ0n) is 11.2. The van der Waals surface area contributed by atoms with E-state index in [1.54, 1.807) is 18.2 Å². The minimum absolute atomic E-state index is 0.235. The second-order valence-corrected chi connectivity index (χ2v) is 4.20. The SMILES string of the molecule is COC(=O)c1cccc(NC(=O)c2c(O)cccc2O)c1. The van der Waals surface area contributed by atoms with Crippen LogP contribution >= 0.6 is 0 Å². The Kier molecular flexibility index (Phi) is 4.08. The van der Waals surface area contributed by atoms with Crippen LogP contribution in [0.1, 0.15) is 20.7 Å². The summed E-state index contributed by atoms with van der Waals surface area (Å²) in [5.74, 6) is -1.89. The van der Waals surface area contributed by atoms with Gasteiger partial charge in [0.15, 0.2) is 0 Å². The van der Waals surface area contributed by atoms with Crippen molar-refractivity contribution in [3.05, 3.63) is 53.6 Å². The monoisotopic (exact) mass is 287 g/mol. The number of rotatable bonds is 3. The molecule has 2 rings (SSSR count). The summed E-state index contributed by atoms with van der Waals surface area (Å²) in [6.45, 7) is 0. The van der Waals surface area contributed by atoms with Gasteiger partial charge >= 0.3 is 5.97 Å². The number of carbonyl (C=O) groups is 2. The van der Waals surface area contributed by atoms with E-state index in [0.29, 0.717) is 5.69 Å². The summed E-state index contributed by atoms with van der Waals surface area (Å²) >= 11 is 0. The van der Waals surface area contributed by atoms with Crippen LogP contribution in [0.15, 0.2) is 42.5 Å². The van der Waals surface area contributed by atoms with Gasteiger partial charge in [-0.15, -0.1) is 0 Å². The zero-order chi connectivity index (χ0) is 15.4. The van der Waals surface area contributed by atoms with Crippen molar-refractivity contribution in [1.82, 2.24) is 0 Å². The third-order valence-corrected chi connectivity index (χ3v) is 2.79. The molecule has 3 N–H and O–H groups in total. The average Bonchev–Trinajstić information content (AvgIpc) is 2.46. The number of carbonyl (C=O) groups excluding carboxylic acids is 2. The van der Waals surface area contributed by atoms with Gasteiger partial charge in [0.05, 0.1) is 12.7 Å². The molecule has 0 bridgehead atoms. The van der Waals surface area contributed by atoms with Crippen molar-refractivity contribution >= 4 is 17.6 Å². The van der Waals surface area contributed by atoms with Gasteiger partial charge < -0.3 is 20.3 Å². The van der Waals surface area contributed by atoms with Crippen molar-refractivity contribution in [2.45, 2.75) is 0 Å². The molecule has 0 unspecified atom stereocenters. The quantitative estimate of drug-likeness (QED) is 0.752. The van der Waals surface area contributed by atoms with Crippen molar-refractivity contribution in [2.75, 3.05) is 12.4 Å². The molecule has 0 aliphatic heterocycles. The van der Waals surface area contributed by atoms with Crippen molar-refractivity contribution < 1.29 is 24.5 Å². The largest absolute Gasteiger partial charge is 0.507 e. The Bertz CT molecular complexity index is 676. The van der Waals surface area contributed by atoms with Crippen LogP contribution in [0.3, 0.4) is 0 Å². The predicted molar refractivity (Wildman–Crippen MR) is 75.5 cm³/mol. The van der Waals surface area contributed by atoms with Crippen molar-refractivity contribution in [1.29, 1.82) is 0 Å². The van der Waals surface area contributed by atoms with E-state index in [1.807, 2.05) is 0 Å². The zero-order valence-corrected chi connectivity index (χ0v) is 11.2. The van der Waals surface area contributed by atoms with Gasteiger partial charge in [-0.05, 0) is 30.3 Å². The number of esters is 1. The van der Waals surface area contributed by atoms with E-state index in [1.165, 1.54) is 31.4 Å². The summed E-state index contributed by atoms with van der Waals surface area (Å²) in [5, 5.41) is 21.7. The molecule has 0 heterocycles. The van der Waals surface area contributed by atoms with Gasteiger partial charge in [0.1, 0.15) is 17.1 Å². The fraction of sp³-hybridized carbons (Fsp3) is 0.0667. The Labute approximate surface area is 120 Å². The molecule has 0 aliphatic carbocycles. The predicted octanol–water partition coefficient (Wildman–Crippen LogP) is 2.14. The minimum Gasteiger partial charge on any atom is -0.507 e. The molecule has 0 atom stereocenters. The lowest BCUT2D eigenvalue weighted by atomic mass is 10.1. The molecule has 21 heavy (non-hydrogen) atoms. The number of nitrogens with one attached hydrogen (secondary N) is 1. The molecule has 0 saturated heterocycles. The number of aromatic hydroxyl groups is 2. The summed E-state index contributed by atoms with van der Waals surface area (Å²) in [6, 6.07) is 10.1. The second kappa shape index (κ2) is 5.96. The van der Waals surface area contributed by atoms with Crippen LogP contribution in [0.4, 0.5) is 5.69 Å². The molecule has 2 aromatic rings. The van der Waals surface area contributed by atoms with Gasteiger partial charge in [-0.1, -0.05) is 12.1 Å². The number of methoxy groups -OCH3 is 1. The first-order valence-electron chi connectivity index (χ1n) is 6.03. The molecule has 0 aliphatic rings. The number of benzene rings is 2. The van der Waals surface area contributed by atoms with Crippen LogP contribution in [0.5, 0.6) is 11.5 Å². The smallest absolute Gasteiger partial charge is 0.337 e. The van der Waals surface area contributed by atoms with Crippen LogP contribution in [0.25, 0.3) is 0 Å². The third-order valence-electron chi connectivity index (χ3n) is 2.79. The Hall–Kier alpha value is -3.02. The first kappa shape index (κ1) is 14.4. The van der Waals surface area contributed by atoms with E-state index in [-0.39, 0.29) is 22.6 Å². The molecule has 0 spiro atoms.